The van der Waals surface area contributed by atoms with E-state index >= 15 is 0 Å². The molecule has 0 saturated heterocycles. The molecule has 0 bridgehead atoms. The third-order valence-corrected chi connectivity index (χ3v) is 3.32. The fourth-order valence-electron chi connectivity index (χ4n) is 1.81. The first-order valence-corrected chi connectivity index (χ1v) is 6.83. The number of hydrogen-bond donors (Lipinski definition) is 1. The van der Waals surface area contributed by atoms with Crippen LogP contribution in [0.4, 0.5) is 29.6 Å². The third kappa shape index (κ3) is 3.65. The molecule has 10 heteroatoms. The minimum atomic E-state index is -4.71. The van der Waals surface area contributed by atoms with Crippen molar-refractivity contribution in [3.8, 4) is 0 Å². The van der Waals surface area contributed by atoms with Crippen molar-refractivity contribution in [2.45, 2.75) is 13.1 Å². The van der Waals surface area contributed by atoms with Gasteiger partial charge >= 0.3 is 12.2 Å². The van der Waals surface area contributed by atoms with Crippen LogP contribution in [-0.2, 0) is 6.18 Å². The molecule has 0 saturated carbocycles. The van der Waals surface area contributed by atoms with E-state index in [0.29, 0.717) is 4.90 Å². The molecule has 2 N–H and O–H groups in total. The summed E-state index contributed by atoms with van der Waals surface area (Å²) >= 11 is 12.0. The number of amides is 2. The lowest BCUT2D eigenvalue weighted by atomic mass is 10.3. The number of aromatic nitrogens is 2. The molecule has 0 atom stereocenters. The number of rotatable bonds is 2. The predicted octanol–water partition coefficient (Wildman–Crippen LogP) is 4.33. The summed E-state index contributed by atoms with van der Waals surface area (Å²) in [5.41, 5.74) is 3.94. The molecule has 122 valence electrons. The zero-order valence-corrected chi connectivity index (χ0v) is 13.0. The van der Waals surface area contributed by atoms with Gasteiger partial charge in [0.05, 0.1) is 15.7 Å². The Labute approximate surface area is 138 Å². The van der Waals surface area contributed by atoms with Crippen LogP contribution in [0.2, 0.25) is 10.0 Å². The first-order chi connectivity index (χ1) is 10.6. The van der Waals surface area contributed by atoms with Crippen LogP contribution in [0.25, 0.3) is 0 Å². The monoisotopic (exact) mass is 364 g/mol. The van der Waals surface area contributed by atoms with Crippen molar-refractivity contribution in [2.75, 3.05) is 4.90 Å². The number of hydrogen-bond acceptors (Lipinski definition) is 3. The zero-order chi connectivity index (χ0) is 17.4. The number of anilines is 2. The molecule has 2 rings (SSSR count). The third-order valence-electron chi connectivity index (χ3n) is 2.71. The lowest BCUT2D eigenvalue weighted by molar-refractivity contribution is -0.141. The van der Waals surface area contributed by atoms with Crippen LogP contribution in [0, 0.1) is 6.92 Å². The van der Waals surface area contributed by atoms with Crippen molar-refractivity contribution >= 4 is 40.9 Å². The van der Waals surface area contributed by atoms with Gasteiger partial charge in [0.2, 0.25) is 5.95 Å². The summed E-state index contributed by atoms with van der Waals surface area (Å²) in [5.74, 6) is -0.570. The summed E-state index contributed by atoms with van der Waals surface area (Å²) in [6.07, 6.45) is -4.71. The summed E-state index contributed by atoms with van der Waals surface area (Å²) in [6, 6.07) is 3.93. The first kappa shape index (κ1) is 17.3. The molecule has 0 spiro atoms. The maximum absolute atomic E-state index is 12.9. The Hall–Kier alpha value is -2.06. The van der Waals surface area contributed by atoms with Gasteiger partial charge in [-0.2, -0.15) is 13.2 Å². The van der Waals surface area contributed by atoms with Crippen LogP contribution < -0.4 is 10.6 Å². The molecule has 0 fully saturated rings. The molecule has 5 nitrogen and oxygen atoms in total. The maximum Gasteiger partial charge on any atom is 0.433 e. The van der Waals surface area contributed by atoms with Gasteiger partial charge in [0, 0.05) is 5.69 Å². The lowest BCUT2D eigenvalue weighted by Crippen LogP contribution is -2.34. The molecule has 0 aliphatic rings. The smallest absolute Gasteiger partial charge is 0.351 e. The second kappa shape index (κ2) is 6.21. The number of carbonyl (C=O) groups excluding carboxylic acids is 1. The SMILES string of the molecule is Cc1cc(C(F)(F)F)nc(N(C(N)=O)c2c(Cl)cccc2Cl)n1. The molecule has 0 radical (unpaired) electrons. The van der Waals surface area contributed by atoms with Gasteiger partial charge in [-0.3, -0.25) is 0 Å². The topological polar surface area (TPSA) is 72.1 Å². The van der Waals surface area contributed by atoms with Crippen LogP contribution in [0.1, 0.15) is 11.4 Å². The van der Waals surface area contributed by atoms with Gasteiger partial charge in [0.1, 0.15) is 5.69 Å². The number of urea groups is 1. The van der Waals surface area contributed by atoms with Gasteiger partial charge in [-0.05, 0) is 25.1 Å². The second-order valence-corrected chi connectivity index (χ2v) is 5.25. The van der Waals surface area contributed by atoms with Gasteiger partial charge in [0.15, 0.2) is 0 Å². The second-order valence-electron chi connectivity index (χ2n) is 4.44. The fraction of sp³-hybridized carbons (Fsp3) is 0.154. The number of halogens is 5. The van der Waals surface area contributed by atoms with E-state index in [2.05, 4.69) is 9.97 Å². The average Bonchev–Trinajstić information content (AvgIpc) is 2.40. The van der Waals surface area contributed by atoms with E-state index in [0.717, 1.165) is 6.07 Å². The summed E-state index contributed by atoms with van der Waals surface area (Å²) in [7, 11) is 0. The first-order valence-electron chi connectivity index (χ1n) is 6.07. The Bertz CT molecular complexity index is 747. The number of para-hydroxylation sites is 1. The highest BCUT2D eigenvalue weighted by Crippen LogP contribution is 2.37. The fourth-order valence-corrected chi connectivity index (χ4v) is 2.38. The van der Waals surface area contributed by atoms with E-state index in [-0.39, 0.29) is 21.4 Å². The minimum Gasteiger partial charge on any atom is -0.351 e. The van der Waals surface area contributed by atoms with Crippen LogP contribution in [-0.4, -0.2) is 16.0 Å². The minimum absolute atomic E-state index is 0.00301. The van der Waals surface area contributed by atoms with Crippen LogP contribution in [0.5, 0.6) is 0 Å². The van der Waals surface area contributed by atoms with Gasteiger partial charge in [-0.25, -0.2) is 19.7 Å². The van der Waals surface area contributed by atoms with Gasteiger partial charge in [0.25, 0.3) is 0 Å². The zero-order valence-electron chi connectivity index (χ0n) is 11.5. The molecule has 1 aromatic carbocycles. The Kier molecular flexibility index (Phi) is 4.67. The van der Waals surface area contributed by atoms with Crippen molar-refractivity contribution in [3.05, 3.63) is 45.7 Å². The Morgan fingerprint density at radius 3 is 2.26 bits per heavy atom. The molecule has 2 amide bonds. The van der Waals surface area contributed by atoms with E-state index in [1.165, 1.54) is 25.1 Å². The Morgan fingerprint density at radius 1 is 1.22 bits per heavy atom. The number of benzene rings is 1. The quantitative estimate of drug-likeness (QED) is 0.861. The van der Waals surface area contributed by atoms with E-state index < -0.39 is 23.8 Å². The van der Waals surface area contributed by atoms with Gasteiger partial charge in [-0.15, -0.1) is 0 Å². The van der Waals surface area contributed by atoms with Gasteiger partial charge < -0.3 is 5.73 Å². The van der Waals surface area contributed by atoms with E-state index in [4.69, 9.17) is 28.9 Å². The van der Waals surface area contributed by atoms with Crippen LogP contribution in [0.15, 0.2) is 24.3 Å². The number of nitrogens with zero attached hydrogens (tertiary/aromatic N) is 3. The lowest BCUT2D eigenvalue weighted by Gasteiger charge is -2.22. The van der Waals surface area contributed by atoms with E-state index in [9.17, 15) is 18.0 Å². The van der Waals surface area contributed by atoms with Crippen molar-refractivity contribution in [1.82, 2.24) is 9.97 Å². The van der Waals surface area contributed by atoms with Crippen molar-refractivity contribution in [3.63, 3.8) is 0 Å². The van der Waals surface area contributed by atoms with Gasteiger partial charge in [-0.1, -0.05) is 29.3 Å². The Morgan fingerprint density at radius 2 is 1.78 bits per heavy atom. The number of alkyl halides is 3. The average molecular weight is 365 g/mol. The predicted molar refractivity (Wildman–Crippen MR) is 80.0 cm³/mol. The molecular weight excluding hydrogens is 356 g/mol. The summed E-state index contributed by atoms with van der Waals surface area (Å²) in [4.78, 5) is 19.6. The molecular formula is C13H9Cl2F3N4O. The summed E-state index contributed by atoms with van der Waals surface area (Å²) in [5, 5.41) is 0.0185. The molecule has 0 unspecified atom stereocenters. The molecule has 1 aromatic heterocycles. The molecule has 23 heavy (non-hydrogen) atoms. The molecule has 1 heterocycles. The van der Waals surface area contributed by atoms with Crippen molar-refractivity contribution in [1.29, 1.82) is 0 Å². The standard InChI is InChI=1S/C13H9Cl2F3N4O/c1-6-5-9(13(16,17)18)21-12(20-6)22(11(19)23)10-7(14)3-2-4-8(10)15/h2-5H,1H3,(H2,19,23). The molecule has 0 aliphatic carbocycles. The number of primary amides is 1. The summed E-state index contributed by atoms with van der Waals surface area (Å²) < 4.78 is 38.7. The summed E-state index contributed by atoms with van der Waals surface area (Å²) in [6.45, 7) is 1.33. The highest BCUT2D eigenvalue weighted by molar-refractivity contribution is 6.40. The number of aryl methyl sites for hydroxylation is 1. The van der Waals surface area contributed by atoms with Crippen molar-refractivity contribution in [2.24, 2.45) is 5.73 Å². The Balaban J connectivity index is 2.69. The van der Waals surface area contributed by atoms with E-state index in [1.807, 2.05) is 0 Å². The van der Waals surface area contributed by atoms with Crippen molar-refractivity contribution < 1.29 is 18.0 Å². The largest absolute Gasteiger partial charge is 0.433 e. The highest BCUT2D eigenvalue weighted by Gasteiger charge is 2.35. The van der Waals surface area contributed by atoms with Crippen LogP contribution in [0.3, 0.4) is 0 Å². The highest BCUT2D eigenvalue weighted by atomic mass is 35.5. The number of carbonyl (C=O) groups is 1. The number of nitrogens with two attached hydrogens (primary N) is 1. The maximum atomic E-state index is 12.9. The molecule has 2 aromatic rings. The van der Waals surface area contributed by atoms with E-state index in [1.54, 1.807) is 0 Å². The normalized spacial score (nSPS) is 11.4. The molecule has 0 aliphatic heterocycles. The van der Waals surface area contributed by atoms with Crippen LogP contribution >= 0.6 is 23.2 Å².